The number of fused-ring (bicyclic) bond motifs is 5. The summed E-state index contributed by atoms with van der Waals surface area (Å²) in [5.41, 5.74) is 8.13. The smallest absolute Gasteiger partial charge is 0.197 e. The fourth-order valence-electron chi connectivity index (χ4n) is 5.72. The van der Waals surface area contributed by atoms with Crippen LogP contribution in [0.3, 0.4) is 0 Å². The highest BCUT2D eigenvalue weighted by Gasteiger charge is 2.43. The minimum Gasteiger partial charge on any atom is -0.341 e. The topological polar surface area (TPSA) is 40.6 Å². The molecule has 3 heterocycles. The zero-order valence-corrected chi connectivity index (χ0v) is 20.4. The van der Waals surface area contributed by atoms with Crippen LogP contribution in [0.1, 0.15) is 50.6 Å². The van der Waals surface area contributed by atoms with Gasteiger partial charge in [0, 0.05) is 28.5 Å². The molecule has 0 atom stereocenters. The van der Waals surface area contributed by atoms with Gasteiger partial charge in [0.05, 0.1) is 28.3 Å². The predicted octanol–water partition coefficient (Wildman–Crippen LogP) is 7.40. The van der Waals surface area contributed by atoms with E-state index in [1.807, 2.05) is 0 Å². The second-order valence-corrected chi connectivity index (χ2v) is 10.9. The summed E-state index contributed by atoms with van der Waals surface area (Å²) in [7, 11) is 2.12. The summed E-state index contributed by atoms with van der Waals surface area (Å²) < 4.78 is 0. The summed E-state index contributed by atoms with van der Waals surface area (Å²) in [6.07, 6.45) is 1.79. The minimum absolute atomic E-state index is 0.188. The van der Waals surface area contributed by atoms with Gasteiger partial charge in [-0.05, 0) is 41.5 Å². The number of para-hydroxylation sites is 3. The first kappa shape index (κ1) is 20.4. The van der Waals surface area contributed by atoms with Crippen molar-refractivity contribution >= 4 is 56.7 Å². The molecule has 0 saturated carbocycles. The summed E-state index contributed by atoms with van der Waals surface area (Å²) in [5.74, 6) is -0.376. The van der Waals surface area contributed by atoms with Crippen LogP contribution in [0, 0.1) is 0 Å². The molecule has 0 bridgehead atoms. The highest BCUT2D eigenvalue weighted by atomic mass is 32.1. The van der Waals surface area contributed by atoms with Gasteiger partial charge in [0.25, 0.3) is 0 Å². The Morgan fingerprint density at radius 1 is 0.771 bits per heavy atom. The molecule has 35 heavy (non-hydrogen) atoms. The van der Waals surface area contributed by atoms with Gasteiger partial charge in [0.1, 0.15) is 5.00 Å². The van der Waals surface area contributed by atoms with E-state index in [0.717, 1.165) is 21.3 Å². The maximum absolute atomic E-state index is 13.0. The second-order valence-electron chi connectivity index (χ2n) is 9.81. The van der Waals surface area contributed by atoms with E-state index in [4.69, 9.17) is 0 Å². The Morgan fingerprint density at radius 3 is 2.11 bits per heavy atom. The molecule has 1 aromatic heterocycles. The van der Waals surface area contributed by atoms with Crippen molar-refractivity contribution in [3.8, 4) is 0 Å². The lowest BCUT2D eigenvalue weighted by Gasteiger charge is -2.46. The maximum Gasteiger partial charge on any atom is 0.197 e. The summed E-state index contributed by atoms with van der Waals surface area (Å²) in [5, 5.41) is 1.14. The van der Waals surface area contributed by atoms with Crippen molar-refractivity contribution in [1.29, 1.82) is 0 Å². The van der Waals surface area contributed by atoms with Crippen molar-refractivity contribution in [3.05, 3.63) is 106 Å². The van der Waals surface area contributed by atoms with Crippen molar-refractivity contribution in [2.75, 3.05) is 16.8 Å². The Bertz CT molecular complexity index is 1600. The molecule has 0 unspecified atom stereocenters. The molecule has 0 radical (unpaired) electrons. The van der Waals surface area contributed by atoms with E-state index in [9.17, 15) is 9.59 Å². The highest BCUT2D eigenvalue weighted by molar-refractivity contribution is 7.17. The molecule has 4 nitrogen and oxygen atoms in total. The average Bonchev–Trinajstić information content (AvgIpc) is 3.40. The fraction of sp³-hybridized carbons (Fsp3) is 0.133. The van der Waals surface area contributed by atoms with E-state index < -0.39 is 0 Å². The Balaban J connectivity index is 1.45. The quantitative estimate of drug-likeness (QED) is 0.213. The first-order valence-corrected chi connectivity index (χ1v) is 12.5. The molecular weight excluding hydrogens is 452 g/mol. The van der Waals surface area contributed by atoms with E-state index in [1.165, 1.54) is 22.5 Å². The van der Waals surface area contributed by atoms with Gasteiger partial charge in [-0.25, -0.2) is 0 Å². The first-order chi connectivity index (χ1) is 16.9. The van der Waals surface area contributed by atoms with Gasteiger partial charge in [-0.15, -0.1) is 11.3 Å². The normalized spacial score (nSPS) is 16.6. The summed E-state index contributed by atoms with van der Waals surface area (Å²) in [6, 6.07) is 24.2. The van der Waals surface area contributed by atoms with Gasteiger partial charge < -0.3 is 4.90 Å². The largest absolute Gasteiger partial charge is 0.341 e. The van der Waals surface area contributed by atoms with E-state index in [2.05, 4.69) is 79.2 Å². The number of Topliss-reactive ketones (excluding diaryl/α,β-unsaturated/α-hetero) is 2. The van der Waals surface area contributed by atoms with Gasteiger partial charge >= 0.3 is 0 Å². The summed E-state index contributed by atoms with van der Waals surface area (Å²) >= 11 is 1.64. The Morgan fingerprint density at radius 2 is 1.40 bits per heavy atom. The number of allylic oxidation sites excluding steroid dienone is 1. The van der Waals surface area contributed by atoms with Crippen LogP contribution >= 0.6 is 11.3 Å². The van der Waals surface area contributed by atoms with Gasteiger partial charge in [-0.3, -0.25) is 14.5 Å². The van der Waals surface area contributed by atoms with Crippen LogP contribution in [0.4, 0.5) is 27.8 Å². The number of anilines is 5. The maximum atomic E-state index is 13.0. The summed E-state index contributed by atoms with van der Waals surface area (Å²) in [4.78, 5) is 31.6. The third-order valence-corrected chi connectivity index (χ3v) is 8.62. The lowest BCUT2D eigenvalue weighted by Crippen LogP contribution is -2.33. The van der Waals surface area contributed by atoms with Crippen LogP contribution in [0.25, 0.3) is 6.08 Å². The molecule has 1 aliphatic carbocycles. The highest BCUT2D eigenvalue weighted by Crippen LogP contribution is 2.61. The number of carbonyl (C=O) groups excluding carboxylic acids is 2. The number of nitrogens with zero attached hydrogens (tertiary/aromatic N) is 2. The molecule has 5 heteroatoms. The molecule has 3 aliphatic rings. The molecule has 3 aromatic carbocycles. The van der Waals surface area contributed by atoms with Crippen molar-refractivity contribution in [2.45, 2.75) is 19.3 Å². The van der Waals surface area contributed by atoms with Crippen molar-refractivity contribution < 1.29 is 9.59 Å². The van der Waals surface area contributed by atoms with Crippen LogP contribution in [-0.4, -0.2) is 18.6 Å². The average molecular weight is 475 g/mol. The number of hydrogen-bond donors (Lipinski definition) is 0. The monoisotopic (exact) mass is 474 g/mol. The van der Waals surface area contributed by atoms with Gasteiger partial charge in [0.15, 0.2) is 11.6 Å². The second kappa shape index (κ2) is 6.80. The number of hydrogen-bond acceptors (Lipinski definition) is 5. The van der Waals surface area contributed by atoms with Crippen molar-refractivity contribution in [2.24, 2.45) is 0 Å². The molecule has 0 fully saturated rings. The Kier molecular flexibility index (Phi) is 3.97. The van der Waals surface area contributed by atoms with Crippen LogP contribution in [0.2, 0.25) is 0 Å². The van der Waals surface area contributed by atoms with E-state index in [-0.39, 0.29) is 22.6 Å². The Labute approximate surface area is 207 Å². The molecule has 0 saturated heterocycles. The molecule has 0 spiro atoms. The molecule has 7 rings (SSSR count). The SMILES string of the molecule is CN1c2ccccc2N2c3sc(C=C4C(=O)c5ccccc5C4=O)cc3C(C)(C)c3cccc1c32. The number of benzene rings is 3. The molecule has 0 amide bonds. The zero-order chi connectivity index (χ0) is 24.1. The van der Waals surface area contributed by atoms with E-state index >= 15 is 0 Å². The minimum atomic E-state index is -0.232. The van der Waals surface area contributed by atoms with Crippen LogP contribution < -0.4 is 9.80 Å². The number of ketones is 2. The summed E-state index contributed by atoms with van der Waals surface area (Å²) in [6.45, 7) is 4.51. The first-order valence-electron chi connectivity index (χ1n) is 11.7. The zero-order valence-electron chi connectivity index (χ0n) is 19.6. The van der Waals surface area contributed by atoms with Crippen LogP contribution in [-0.2, 0) is 5.41 Å². The molecule has 170 valence electrons. The van der Waals surface area contributed by atoms with Crippen molar-refractivity contribution in [1.82, 2.24) is 0 Å². The standard InChI is InChI=1S/C30H22N2O2S/c1-30(2)21-11-8-14-25-26(21)32(24-13-7-6-12-23(24)31(25)3)29-22(30)16-17(35-29)15-20-27(33)18-9-4-5-10-19(18)28(20)34/h4-16H,1-3H3. The van der Waals surface area contributed by atoms with E-state index in [0.29, 0.717) is 11.1 Å². The molecule has 2 aliphatic heterocycles. The number of carbonyl (C=O) groups is 2. The van der Waals surface area contributed by atoms with Crippen molar-refractivity contribution in [3.63, 3.8) is 0 Å². The van der Waals surface area contributed by atoms with Crippen LogP contribution in [0.5, 0.6) is 0 Å². The predicted molar refractivity (Wildman–Crippen MR) is 142 cm³/mol. The van der Waals surface area contributed by atoms with Crippen LogP contribution in [0.15, 0.2) is 78.4 Å². The third-order valence-electron chi connectivity index (χ3n) is 7.56. The number of thiophene rings is 1. The van der Waals surface area contributed by atoms with Gasteiger partial charge in [-0.1, -0.05) is 62.4 Å². The lowest BCUT2D eigenvalue weighted by molar-refractivity contribution is 0.0990. The Hall–Kier alpha value is -3.96. The fourth-order valence-corrected chi connectivity index (χ4v) is 7.00. The molecular formula is C30H22N2O2S. The molecule has 0 N–H and O–H groups in total. The van der Waals surface area contributed by atoms with Gasteiger partial charge in [-0.2, -0.15) is 0 Å². The lowest BCUT2D eigenvalue weighted by atomic mass is 9.74. The third kappa shape index (κ3) is 2.56. The van der Waals surface area contributed by atoms with Gasteiger partial charge in [0.2, 0.25) is 0 Å². The van der Waals surface area contributed by atoms with E-state index in [1.54, 1.807) is 41.7 Å². The molecule has 4 aromatic rings. The number of rotatable bonds is 1.